The molecule has 19 heavy (non-hydrogen) atoms. The normalized spacial score (nSPS) is 12.2. The van der Waals surface area contributed by atoms with E-state index in [0.29, 0.717) is 10.0 Å². The van der Waals surface area contributed by atoms with Crippen LogP contribution in [0.5, 0.6) is 0 Å². The summed E-state index contributed by atoms with van der Waals surface area (Å²) in [6.07, 6.45) is 0. The fraction of sp³-hybridized carbons (Fsp3) is 0.214. The molecule has 0 saturated heterocycles. The summed E-state index contributed by atoms with van der Waals surface area (Å²) in [6, 6.07) is 8.02. The Hall–Kier alpha value is -1.20. The molecule has 0 radical (unpaired) electrons. The van der Waals surface area contributed by atoms with Gasteiger partial charge in [0.25, 0.3) is 5.91 Å². The number of hydrogen-bond acceptors (Lipinski definition) is 2. The molecular formula is C14H13BrFNOS. The van der Waals surface area contributed by atoms with Crippen molar-refractivity contribution in [3.05, 3.63) is 56.4 Å². The van der Waals surface area contributed by atoms with Crippen LogP contribution in [0.25, 0.3) is 0 Å². The summed E-state index contributed by atoms with van der Waals surface area (Å²) in [7, 11) is 1.73. The molecule has 2 aromatic rings. The first-order chi connectivity index (χ1) is 9.00. The second-order valence-electron chi connectivity index (χ2n) is 4.23. The van der Waals surface area contributed by atoms with Gasteiger partial charge in [0.2, 0.25) is 0 Å². The number of carbonyl (C=O) groups is 1. The van der Waals surface area contributed by atoms with Crippen LogP contribution >= 0.6 is 27.3 Å². The average molecular weight is 342 g/mol. The lowest BCUT2D eigenvalue weighted by molar-refractivity contribution is 0.0743. The van der Waals surface area contributed by atoms with Crippen LogP contribution < -0.4 is 0 Å². The fourth-order valence-corrected chi connectivity index (χ4v) is 2.99. The fourth-order valence-electron chi connectivity index (χ4n) is 1.75. The molecule has 5 heteroatoms. The zero-order chi connectivity index (χ0) is 14.0. The Morgan fingerprint density at radius 1 is 1.42 bits per heavy atom. The number of amides is 1. The number of hydrogen-bond donors (Lipinski definition) is 0. The van der Waals surface area contributed by atoms with Crippen molar-refractivity contribution in [2.45, 2.75) is 13.0 Å². The van der Waals surface area contributed by atoms with Crippen LogP contribution in [0.2, 0.25) is 0 Å². The Morgan fingerprint density at radius 2 is 2.16 bits per heavy atom. The number of halogens is 2. The van der Waals surface area contributed by atoms with Crippen LogP contribution in [0.1, 0.15) is 28.2 Å². The number of carbonyl (C=O) groups excluding carboxylic acids is 1. The highest BCUT2D eigenvalue weighted by Crippen LogP contribution is 2.27. The van der Waals surface area contributed by atoms with E-state index in [-0.39, 0.29) is 11.9 Å². The quantitative estimate of drug-likeness (QED) is 0.805. The molecule has 0 aliphatic carbocycles. The third kappa shape index (κ3) is 3.04. The van der Waals surface area contributed by atoms with Gasteiger partial charge in [-0.05, 0) is 52.5 Å². The summed E-state index contributed by atoms with van der Waals surface area (Å²) in [6.45, 7) is 1.96. The van der Waals surface area contributed by atoms with Crippen LogP contribution in [0, 0.1) is 5.82 Å². The van der Waals surface area contributed by atoms with Gasteiger partial charge in [0.05, 0.1) is 11.6 Å². The lowest BCUT2D eigenvalue weighted by Gasteiger charge is -2.24. The number of rotatable bonds is 3. The van der Waals surface area contributed by atoms with E-state index in [2.05, 4.69) is 15.9 Å². The smallest absolute Gasteiger partial charge is 0.255 e. The molecule has 2 rings (SSSR count). The number of nitrogens with zero attached hydrogens (tertiary/aromatic N) is 1. The molecule has 1 unspecified atom stereocenters. The number of benzene rings is 1. The molecule has 0 spiro atoms. The molecule has 0 aliphatic heterocycles. The Kier molecular flexibility index (Phi) is 4.37. The molecular weight excluding hydrogens is 329 g/mol. The molecule has 0 N–H and O–H groups in total. The third-order valence-corrected chi connectivity index (χ3v) is 4.75. The molecule has 1 atom stereocenters. The van der Waals surface area contributed by atoms with E-state index in [1.165, 1.54) is 12.1 Å². The number of thiophene rings is 1. The van der Waals surface area contributed by atoms with Crippen LogP contribution in [0.15, 0.2) is 40.2 Å². The van der Waals surface area contributed by atoms with E-state index in [1.807, 2.05) is 24.4 Å². The monoisotopic (exact) mass is 341 g/mol. The first-order valence-corrected chi connectivity index (χ1v) is 7.43. The molecule has 0 bridgehead atoms. The maximum absolute atomic E-state index is 13.3. The molecule has 0 saturated carbocycles. The van der Waals surface area contributed by atoms with Crippen molar-refractivity contribution >= 4 is 33.2 Å². The van der Waals surface area contributed by atoms with Gasteiger partial charge in [0.1, 0.15) is 5.82 Å². The van der Waals surface area contributed by atoms with E-state index in [0.717, 1.165) is 4.88 Å². The zero-order valence-electron chi connectivity index (χ0n) is 10.6. The lowest BCUT2D eigenvalue weighted by atomic mass is 10.1. The van der Waals surface area contributed by atoms with Gasteiger partial charge >= 0.3 is 0 Å². The minimum absolute atomic E-state index is 0.0392. The van der Waals surface area contributed by atoms with Crippen molar-refractivity contribution in [3.8, 4) is 0 Å². The standard InChI is InChI=1S/C14H13BrFNOS/c1-9(13-4-3-7-19-13)17(2)14(18)11-8-10(16)5-6-12(11)15/h3-9H,1-2H3. The third-order valence-electron chi connectivity index (χ3n) is 3.02. The van der Waals surface area contributed by atoms with Crippen LogP contribution in [-0.2, 0) is 0 Å². The largest absolute Gasteiger partial charge is 0.334 e. The first-order valence-electron chi connectivity index (χ1n) is 5.76. The van der Waals surface area contributed by atoms with E-state index in [1.54, 1.807) is 29.4 Å². The van der Waals surface area contributed by atoms with Gasteiger partial charge in [-0.25, -0.2) is 4.39 Å². The van der Waals surface area contributed by atoms with E-state index < -0.39 is 5.82 Å². The SMILES string of the molecule is CC(c1cccs1)N(C)C(=O)c1cc(F)ccc1Br. The van der Waals surface area contributed by atoms with Gasteiger partial charge in [-0.15, -0.1) is 11.3 Å². The first kappa shape index (κ1) is 14.2. The Labute approximate surface area is 124 Å². The maximum Gasteiger partial charge on any atom is 0.255 e. The summed E-state index contributed by atoms with van der Waals surface area (Å²) in [5.41, 5.74) is 0.339. The predicted octanol–water partition coefficient (Wildman–Crippen LogP) is 4.48. The van der Waals surface area contributed by atoms with Crippen LogP contribution in [0.4, 0.5) is 4.39 Å². The molecule has 0 fully saturated rings. The van der Waals surface area contributed by atoms with Gasteiger partial charge in [0.15, 0.2) is 0 Å². The van der Waals surface area contributed by atoms with Crippen molar-refractivity contribution in [2.75, 3.05) is 7.05 Å². The lowest BCUT2D eigenvalue weighted by Crippen LogP contribution is -2.29. The van der Waals surface area contributed by atoms with Crippen molar-refractivity contribution < 1.29 is 9.18 Å². The van der Waals surface area contributed by atoms with Crippen molar-refractivity contribution in [1.82, 2.24) is 4.90 Å². The second-order valence-corrected chi connectivity index (χ2v) is 6.07. The Bertz CT molecular complexity index is 585. The molecule has 1 aromatic heterocycles. The van der Waals surface area contributed by atoms with Gasteiger partial charge in [0, 0.05) is 16.4 Å². The van der Waals surface area contributed by atoms with Crippen LogP contribution in [0.3, 0.4) is 0 Å². The highest BCUT2D eigenvalue weighted by atomic mass is 79.9. The average Bonchev–Trinajstić information content (AvgIpc) is 2.93. The van der Waals surface area contributed by atoms with Crippen molar-refractivity contribution in [2.24, 2.45) is 0 Å². The summed E-state index contributed by atoms with van der Waals surface area (Å²) in [4.78, 5) is 15.1. The molecule has 100 valence electrons. The predicted molar refractivity (Wildman–Crippen MR) is 78.9 cm³/mol. The minimum atomic E-state index is -0.413. The van der Waals surface area contributed by atoms with Gasteiger partial charge in [-0.2, -0.15) is 0 Å². The van der Waals surface area contributed by atoms with Gasteiger partial charge in [-0.3, -0.25) is 4.79 Å². The van der Waals surface area contributed by atoms with Gasteiger partial charge < -0.3 is 4.90 Å². The summed E-state index contributed by atoms with van der Waals surface area (Å²) >= 11 is 4.89. The van der Waals surface area contributed by atoms with E-state index >= 15 is 0 Å². The Balaban J connectivity index is 2.26. The zero-order valence-corrected chi connectivity index (χ0v) is 13.0. The van der Waals surface area contributed by atoms with E-state index in [9.17, 15) is 9.18 Å². The minimum Gasteiger partial charge on any atom is -0.334 e. The molecule has 2 nitrogen and oxygen atoms in total. The van der Waals surface area contributed by atoms with Crippen molar-refractivity contribution in [3.63, 3.8) is 0 Å². The molecule has 1 heterocycles. The van der Waals surface area contributed by atoms with E-state index in [4.69, 9.17) is 0 Å². The Morgan fingerprint density at radius 3 is 2.79 bits per heavy atom. The molecule has 1 aromatic carbocycles. The summed E-state index contributed by atoms with van der Waals surface area (Å²) in [5.74, 6) is -0.615. The molecule has 0 aliphatic rings. The summed E-state index contributed by atoms with van der Waals surface area (Å²) < 4.78 is 13.9. The van der Waals surface area contributed by atoms with Crippen LogP contribution in [-0.4, -0.2) is 17.9 Å². The van der Waals surface area contributed by atoms with Gasteiger partial charge in [-0.1, -0.05) is 6.07 Å². The summed E-state index contributed by atoms with van der Waals surface area (Å²) in [5, 5.41) is 1.97. The molecule has 1 amide bonds. The second kappa shape index (κ2) is 5.84. The highest BCUT2D eigenvalue weighted by molar-refractivity contribution is 9.10. The highest BCUT2D eigenvalue weighted by Gasteiger charge is 2.21. The topological polar surface area (TPSA) is 20.3 Å². The van der Waals surface area contributed by atoms with Crippen molar-refractivity contribution in [1.29, 1.82) is 0 Å². The maximum atomic E-state index is 13.3.